The molecule has 1 amide bonds. The molecule has 2 aromatic rings. The summed E-state index contributed by atoms with van der Waals surface area (Å²) in [6.45, 7) is 6.88. The van der Waals surface area contributed by atoms with E-state index < -0.39 is 0 Å². The molecule has 1 fully saturated rings. The van der Waals surface area contributed by atoms with Crippen molar-refractivity contribution in [2.45, 2.75) is 19.5 Å². The van der Waals surface area contributed by atoms with Gasteiger partial charge >= 0.3 is 0 Å². The molecule has 2 aromatic carbocycles. The third kappa shape index (κ3) is 6.20. The highest BCUT2D eigenvalue weighted by Crippen LogP contribution is 2.14. The summed E-state index contributed by atoms with van der Waals surface area (Å²) in [6, 6.07) is 17.7. The molecule has 1 aliphatic rings. The molecule has 148 valence electrons. The summed E-state index contributed by atoms with van der Waals surface area (Å²) in [5, 5.41) is 0.663. The summed E-state index contributed by atoms with van der Waals surface area (Å²) in [5.41, 5.74) is 2.04. The molecular weight excluding hydrogens is 372 g/mol. The van der Waals surface area contributed by atoms with Gasteiger partial charge in [0.05, 0.1) is 13.2 Å². The Bertz CT molecular complexity index is 788. The van der Waals surface area contributed by atoms with Gasteiger partial charge in [0.1, 0.15) is 0 Å². The first-order chi connectivity index (χ1) is 13.6. The van der Waals surface area contributed by atoms with Crippen LogP contribution >= 0.6 is 11.6 Å². The SMILES string of the molecule is CC(CN1CCOCC1)N(Cc1ccccc1)C(=O)/C=C/c1cccc(Cl)c1. The second-order valence-corrected chi connectivity index (χ2v) is 7.54. The molecule has 4 nitrogen and oxygen atoms in total. The van der Waals surface area contributed by atoms with Gasteiger partial charge in [-0.3, -0.25) is 9.69 Å². The third-order valence-corrected chi connectivity index (χ3v) is 5.14. The fraction of sp³-hybridized carbons (Fsp3) is 0.348. The number of hydrogen-bond acceptors (Lipinski definition) is 3. The first-order valence-electron chi connectivity index (χ1n) is 9.70. The summed E-state index contributed by atoms with van der Waals surface area (Å²) in [5.74, 6) is 0.00425. The maximum atomic E-state index is 13.1. The number of hydrogen-bond donors (Lipinski definition) is 0. The molecule has 0 spiro atoms. The molecule has 0 bridgehead atoms. The van der Waals surface area contributed by atoms with Crippen LogP contribution in [0, 0.1) is 0 Å². The van der Waals surface area contributed by atoms with E-state index in [1.807, 2.05) is 53.4 Å². The topological polar surface area (TPSA) is 32.8 Å². The van der Waals surface area contributed by atoms with Gasteiger partial charge in [-0.05, 0) is 36.3 Å². The number of amides is 1. The quantitative estimate of drug-likeness (QED) is 0.658. The van der Waals surface area contributed by atoms with Crippen molar-refractivity contribution in [3.8, 4) is 0 Å². The standard InChI is InChI=1S/C23H27ClN2O2/c1-19(17-25-12-14-28-15-13-25)26(18-21-6-3-2-4-7-21)23(27)11-10-20-8-5-9-22(24)16-20/h2-11,16,19H,12-15,17-18H2,1H3/b11-10+. The Kier molecular flexibility index (Phi) is 7.66. The highest BCUT2D eigenvalue weighted by molar-refractivity contribution is 6.30. The molecule has 1 aliphatic heterocycles. The molecular formula is C23H27ClN2O2. The maximum Gasteiger partial charge on any atom is 0.247 e. The molecule has 0 radical (unpaired) electrons. The lowest BCUT2D eigenvalue weighted by Gasteiger charge is -2.34. The zero-order valence-corrected chi connectivity index (χ0v) is 17.0. The monoisotopic (exact) mass is 398 g/mol. The molecule has 1 unspecified atom stereocenters. The third-order valence-electron chi connectivity index (χ3n) is 4.90. The first kappa shape index (κ1) is 20.6. The normalized spacial score (nSPS) is 16.2. The second kappa shape index (κ2) is 10.4. The predicted molar refractivity (Wildman–Crippen MR) is 114 cm³/mol. The summed E-state index contributed by atoms with van der Waals surface area (Å²) < 4.78 is 5.44. The number of rotatable bonds is 7. The van der Waals surface area contributed by atoms with Crippen molar-refractivity contribution in [3.63, 3.8) is 0 Å². The fourth-order valence-electron chi connectivity index (χ4n) is 3.36. The molecule has 0 aliphatic carbocycles. The van der Waals surface area contributed by atoms with Crippen LogP contribution < -0.4 is 0 Å². The lowest BCUT2D eigenvalue weighted by molar-refractivity contribution is -0.129. The number of benzene rings is 2. The Morgan fingerprint density at radius 2 is 1.93 bits per heavy atom. The van der Waals surface area contributed by atoms with Gasteiger partial charge in [-0.25, -0.2) is 0 Å². The molecule has 3 rings (SSSR count). The summed E-state index contributed by atoms with van der Waals surface area (Å²) in [4.78, 5) is 17.3. The first-order valence-corrected chi connectivity index (χ1v) is 10.1. The number of carbonyl (C=O) groups excluding carboxylic acids is 1. The average molecular weight is 399 g/mol. The maximum absolute atomic E-state index is 13.1. The molecule has 1 saturated heterocycles. The summed E-state index contributed by atoms with van der Waals surface area (Å²) in [7, 11) is 0. The van der Waals surface area contributed by atoms with E-state index in [0.29, 0.717) is 11.6 Å². The minimum Gasteiger partial charge on any atom is -0.379 e. The van der Waals surface area contributed by atoms with E-state index in [0.717, 1.165) is 44.0 Å². The molecule has 0 aromatic heterocycles. The number of nitrogens with zero attached hydrogens (tertiary/aromatic N) is 2. The van der Waals surface area contributed by atoms with E-state index in [2.05, 4.69) is 24.0 Å². The Morgan fingerprint density at radius 1 is 1.18 bits per heavy atom. The van der Waals surface area contributed by atoms with Crippen LogP contribution in [0.2, 0.25) is 5.02 Å². The minimum absolute atomic E-state index is 0.00425. The van der Waals surface area contributed by atoms with Gasteiger partial charge in [0.2, 0.25) is 5.91 Å². The van der Waals surface area contributed by atoms with E-state index in [1.165, 1.54) is 0 Å². The van der Waals surface area contributed by atoms with Crippen LogP contribution in [0.4, 0.5) is 0 Å². The van der Waals surface area contributed by atoms with Crippen LogP contribution in [-0.2, 0) is 16.1 Å². The Hall–Kier alpha value is -2.14. The predicted octanol–water partition coefficient (Wildman–Crippen LogP) is 4.10. The molecule has 28 heavy (non-hydrogen) atoms. The summed E-state index contributed by atoms with van der Waals surface area (Å²) in [6.07, 6.45) is 3.47. The minimum atomic E-state index is 0.00425. The zero-order valence-electron chi connectivity index (χ0n) is 16.3. The van der Waals surface area contributed by atoms with Gasteiger partial charge in [0, 0.05) is 43.3 Å². The van der Waals surface area contributed by atoms with Crippen molar-refractivity contribution in [1.29, 1.82) is 0 Å². The van der Waals surface area contributed by atoms with E-state index in [9.17, 15) is 4.79 Å². The van der Waals surface area contributed by atoms with Crippen LogP contribution in [0.5, 0.6) is 0 Å². The molecule has 5 heteroatoms. The van der Waals surface area contributed by atoms with Crippen molar-refractivity contribution in [3.05, 3.63) is 76.8 Å². The van der Waals surface area contributed by atoms with Crippen LogP contribution in [-0.4, -0.2) is 54.6 Å². The van der Waals surface area contributed by atoms with Crippen molar-refractivity contribution >= 4 is 23.6 Å². The van der Waals surface area contributed by atoms with Gasteiger partial charge in [-0.2, -0.15) is 0 Å². The number of halogens is 1. The smallest absolute Gasteiger partial charge is 0.247 e. The van der Waals surface area contributed by atoms with Crippen LogP contribution in [0.1, 0.15) is 18.1 Å². The van der Waals surface area contributed by atoms with Gasteiger partial charge in [-0.15, -0.1) is 0 Å². The van der Waals surface area contributed by atoms with E-state index >= 15 is 0 Å². The Morgan fingerprint density at radius 3 is 2.64 bits per heavy atom. The number of ether oxygens (including phenoxy) is 1. The van der Waals surface area contributed by atoms with Crippen molar-refractivity contribution in [2.75, 3.05) is 32.8 Å². The van der Waals surface area contributed by atoms with Crippen molar-refractivity contribution < 1.29 is 9.53 Å². The lowest BCUT2D eigenvalue weighted by atomic mass is 10.1. The molecule has 0 N–H and O–H groups in total. The van der Waals surface area contributed by atoms with Crippen LogP contribution in [0.15, 0.2) is 60.7 Å². The van der Waals surface area contributed by atoms with Crippen LogP contribution in [0.25, 0.3) is 6.08 Å². The second-order valence-electron chi connectivity index (χ2n) is 7.10. The van der Waals surface area contributed by atoms with E-state index in [4.69, 9.17) is 16.3 Å². The van der Waals surface area contributed by atoms with Gasteiger partial charge in [0.15, 0.2) is 0 Å². The van der Waals surface area contributed by atoms with Crippen LogP contribution in [0.3, 0.4) is 0 Å². The van der Waals surface area contributed by atoms with Gasteiger partial charge < -0.3 is 9.64 Å². The fourth-order valence-corrected chi connectivity index (χ4v) is 3.56. The van der Waals surface area contributed by atoms with E-state index in [-0.39, 0.29) is 11.9 Å². The zero-order chi connectivity index (χ0) is 19.8. The van der Waals surface area contributed by atoms with Gasteiger partial charge in [0.25, 0.3) is 0 Å². The van der Waals surface area contributed by atoms with E-state index in [1.54, 1.807) is 6.08 Å². The largest absolute Gasteiger partial charge is 0.379 e. The molecule has 1 heterocycles. The van der Waals surface area contributed by atoms with Crippen molar-refractivity contribution in [1.82, 2.24) is 9.80 Å². The van der Waals surface area contributed by atoms with Crippen molar-refractivity contribution in [2.24, 2.45) is 0 Å². The number of morpholine rings is 1. The molecule has 1 atom stereocenters. The molecule has 0 saturated carbocycles. The Labute approximate surface area is 172 Å². The highest BCUT2D eigenvalue weighted by atomic mass is 35.5. The highest BCUT2D eigenvalue weighted by Gasteiger charge is 2.22. The van der Waals surface area contributed by atoms with Gasteiger partial charge in [-0.1, -0.05) is 54.1 Å². The lowest BCUT2D eigenvalue weighted by Crippen LogP contribution is -2.47. The summed E-state index contributed by atoms with van der Waals surface area (Å²) >= 11 is 6.04. The Balaban J connectivity index is 1.73. The number of carbonyl (C=O) groups is 1. The average Bonchev–Trinajstić information content (AvgIpc) is 2.72.